The van der Waals surface area contributed by atoms with E-state index in [4.69, 9.17) is 4.98 Å². The van der Waals surface area contributed by atoms with E-state index in [9.17, 15) is 19.5 Å². The third kappa shape index (κ3) is 4.67. The number of pyridine rings is 1. The fourth-order valence-corrected chi connectivity index (χ4v) is 5.40. The molecule has 4 heterocycles. The molecule has 1 aromatic carbocycles. The molecule has 2 aromatic rings. The van der Waals surface area contributed by atoms with E-state index >= 15 is 0 Å². The highest BCUT2D eigenvalue weighted by molar-refractivity contribution is 6.05. The highest BCUT2D eigenvalue weighted by atomic mass is 16.3. The number of nitrogens with one attached hydrogen (secondary N) is 1. The molecule has 0 aliphatic carbocycles. The smallest absolute Gasteiger partial charge is 0.256 e. The van der Waals surface area contributed by atoms with Crippen molar-refractivity contribution in [2.24, 2.45) is 0 Å². The van der Waals surface area contributed by atoms with Crippen molar-refractivity contribution in [1.29, 1.82) is 0 Å². The van der Waals surface area contributed by atoms with Gasteiger partial charge in [-0.15, -0.1) is 0 Å². The zero-order valence-corrected chi connectivity index (χ0v) is 21.2. The van der Waals surface area contributed by atoms with Gasteiger partial charge in [0.05, 0.1) is 23.5 Å². The zero-order valence-electron chi connectivity index (χ0n) is 21.2. The molecule has 1 unspecified atom stereocenters. The van der Waals surface area contributed by atoms with Gasteiger partial charge < -0.3 is 10.0 Å². The molecule has 1 atom stereocenters. The average molecular weight is 491 g/mol. The molecule has 2 N–H and O–H groups in total. The predicted molar refractivity (Wildman–Crippen MR) is 134 cm³/mol. The predicted octanol–water partition coefficient (Wildman–Crippen LogP) is 2.62. The van der Waals surface area contributed by atoms with E-state index < -0.39 is 17.6 Å². The number of aliphatic hydroxyl groups is 1. The fourth-order valence-electron chi connectivity index (χ4n) is 5.40. The first-order chi connectivity index (χ1) is 17.0. The Balaban J connectivity index is 1.23. The second-order valence-electron chi connectivity index (χ2n) is 11.3. The highest BCUT2D eigenvalue weighted by Crippen LogP contribution is 2.35. The highest BCUT2D eigenvalue weighted by Gasteiger charge is 2.41. The summed E-state index contributed by atoms with van der Waals surface area (Å²) in [6, 6.07) is 11.6. The molecule has 0 spiro atoms. The van der Waals surface area contributed by atoms with Crippen molar-refractivity contribution in [2.75, 3.05) is 13.1 Å². The molecule has 3 amide bonds. The van der Waals surface area contributed by atoms with Gasteiger partial charge in [0.25, 0.3) is 5.91 Å². The van der Waals surface area contributed by atoms with Crippen molar-refractivity contribution in [2.45, 2.75) is 76.6 Å². The van der Waals surface area contributed by atoms with Crippen LogP contribution >= 0.6 is 0 Å². The van der Waals surface area contributed by atoms with E-state index in [1.165, 1.54) is 16.0 Å². The number of rotatable bonds is 4. The average Bonchev–Trinajstić information content (AvgIpc) is 3.16. The normalized spacial score (nSPS) is 22.5. The maximum absolute atomic E-state index is 12.9. The second kappa shape index (κ2) is 9.09. The van der Waals surface area contributed by atoms with Crippen LogP contribution < -0.4 is 5.32 Å². The fraction of sp³-hybridized carbons (Fsp3) is 0.500. The number of aromatic nitrogens is 1. The van der Waals surface area contributed by atoms with Crippen LogP contribution in [0.25, 0.3) is 0 Å². The molecule has 0 radical (unpaired) electrons. The van der Waals surface area contributed by atoms with Crippen LogP contribution in [0.15, 0.2) is 36.4 Å². The maximum Gasteiger partial charge on any atom is 0.256 e. The van der Waals surface area contributed by atoms with Gasteiger partial charge in [-0.25, -0.2) is 0 Å². The van der Waals surface area contributed by atoms with Gasteiger partial charge >= 0.3 is 0 Å². The molecule has 8 nitrogen and oxygen atoms in total. The topological polar surface area (TPSA) is 103 Å². The molecule has 1 aromatic heterocycles. The summed E-state index contributed by atoms with van der Waals surface area (Å²) in [7, 11) is 0. The number of hydrogen-bond donors (Lipinski definition) is 2. The molecule has 2 saturated heterocycles. The number of nitrogens with zero attached hydrogens (tertiary/aromatic N) is 3. The first kappa shape index (κ1) is 24.6. The molecular formula is C28H34N4O4. The number of amides is 3. The van der Waals surface area contributed by atoms with Crippen LogP contribution in [0, 0.1) is 0 Å². The van der Waals surface area contributed by atoms with Crippen LogP contribution in [0.3, 0.4) is 0 Å². The van der Waals surface area contributed by atoms with Crippen molar-refractivity contribution in [3.63, 3.8) is 0 Å². The molecule has 0 saturated carbocycles. The van der Waals surface area contributed by atoms with E-state index in [1.807, 2.05) is 0 Å². The number of likely N-dealkylation sites (tertiary alicyclic amines) is 1. The van der Waals surface area contributed by atoms with E-state index in [-0.39, 0.29) is 30.2 Å². The SMILES string of the molecule is CC(C)(C)c1ccc(CN2CCC(O)(c3ccc4c(n3)CN(C3CCC(=O)NC3=O)C4=O)CC2)cc1. The number of piperidine rings is 2. The number of carbonyl (C=O) groups is 3. The van der Waals surface area contributed by atoms with Gasteiger partial charge in [0.1, 0.15) is 11.6 Å². The lowest BCUT2D eigenvalue weighted by Gasteiger charge is -2.38. The Morgan fingerprint density at radius 3 is 2.39 bits per heavy atom. The maximum atomic E-state index is 12.9. The van der Waals surface area contributed by atoms with Crippen LogP contribution in [0.4, 0.5) is 0 Å². The van der Waals surface area contributed by atoms with Crippen LogP contribution in [0.1, 0.15) is 79.3 Å². The van der Waals surface area contributed by atoms with Crippen LogP contribution in [-0.4, -0.2) is 56.7 Å². The first-order valence-electron chi connectivity index (χ1n) is 12.7. The summed E-state index contributed by atoms with van der Waals surface area (Å²) in [5, 5.41) is 13.8. The summed E-state index contributed by atoms with van der Waals surface area (Å²) >= 11 is 0. The van der Waals surface area contributed by atoms with Crippen LogP contribution in [-0.2, 0) is 33.7 Å². The Kier molecular flexibility index (Phi) is 6.21. The lowest BCUT2D eigenvalue weighted by atomic mass is 9.86. The molecule has 190 valence electrons. The quantitative estimate of drug-likeness (QED) is 0.639. The molecule has 8 heteroatoms. The molecule has 2 fully saturated rings. The number of fused-ring (bicyclic) bond motifs is 1. The van der Waals surface area contributed by atoms with Gasteiger partial charge in [-0.05, 0) is 47.9 Å². The van der Waals surface area contributed by atoms with E-state index in [2.05, 4.69) is 55.3 Å². The van der Waals surface area contributed by atoms with Gasteiger partial charge in [-0.2, -0.15) is 0 Å². The Labute approximate surface area is 211 Å². The van der Waals surface area contributed by atoms with Crippen molar-refractivity contribution in [1.82, 2.24) is 20.1 Å². The van der Waals surface area contributed by atoms with Crippen molar-refractivity contribution < 1.29 is 19.5 Å². The summed E-state index contributed by atoms with van der Waals surface area (Å²) in [5.41, 5.74) is 3.28. The number of imide groups is 1. The van der Waals surface area contributed by atoms with E-state index in [0.717, 1.165) is 19.6 Å². The summed E-state index contributed by atoms with van der Waals surface area (Å²) in [4.78, 5) is 45.2. The Morgan fingerprint density at radius 1 is 1.06 bits per heavy atom. The summed E-state index contributed by atoms with van der Waals surface area (Å²) in [5.74, 6) is -0.999. The molecule has 3 aliphatic heterocycles. The summed E-state index contributed by atoms with van der Waals surface area (Å²) < 4.78 is 0. The third-order valence-corrected chi connectivity index (χ3v) is 7.76. The zero-order chi connectivity index (χ0) is 25.7. The van der Waals surface area contributed by atoms with E-state index in [1.54, 1.807) is 12.1 Å². The van der Waals surface area contributed by atoms with Gasteiger partial charge in [-0.1, -0.05) is 45.0 Å². The molecule has 0 bridgehead atoms. The van der Waals surface area contributed by atoms with Crippen molar-refractivity contribution >= 4 is 17.7 Å². The Morgan fingerprint density at radius 2 is 1.75 bits per heavy atom. The Hall–Kier alpha value is -3.10. The minimum atomic E-state index is -1.05. The molecule has 5 rings (SSSR count). The molecule has 36 heavy (non-hydrogen) atoms. The molecule has 3 aliphatic rings. The lowest BCUT2D eigenvalue weighted by molar-refractivity contribution is -0.136. The van der Waals surface area contributed by atoms with Gasteiger partial charge in [0, 0.05) is 26.1 Å². The Bertz CT molecular complexity index is 1190. The minimum absolute atomic E-state index is 0.131. The van der Waals surface area contributed by atoms with Crippen molar-refractivity contribution in [3.05, 3.63) is 64.5 Å². The van der Waals surface area contributed by atoms with E-state index in [0.29, 0.717) is 36.2 Å². The van der Waals surface area contributed by atoms with Gasteiger partial charge in [0.2, 0.25) is 11.8 Å². The van der Waals surface area contributed by atoms with Crippen molar-refractivity contribution in [3.8, 4) is 0 Å². The first-order valence-corrected chi connectivity index (χ1v) is 12.7. The molecular weight excluding hydrogens is 456 g/mol. The summed E-state index contributed by atoms with van der Waals surface area (Å²) in [6.45, 7) is 9.18. The van der Waals surface area contributed by atoms with Crippen LogP contribution in [0.2, 0.25) is 0 Å². The standard InChI is InChI=1S/C28H34N4O4/c1-27(2,3)19-6-4-18(5-7-19)16-31-14-12-28(36,13-15-31)23-10-8-20-21(29-23)17-32(26(20)35)22-9-11-24(33)30-25(22)34/h4-8,10,22,36H,9,11-17H2,1-3H3,(H,30,33,34). The number of carbonyl (C=O) groups excluding carboxylic acids is 3. The third-order valence-electron chi connectivity index (χ3n) is 7.76. The lowest BCUT2D eigenvalue weighted by Crippen LogP contribution is -2.52. The minimum Gasteiger partial charge on any atom is -0.383 e. The largest absolute Gasteiger partial charge is 0.383 e. The van der Waals surface area contributed by atoms with Crippen LogP contribution in [0.5, 0.6) is 0 Å². The van der Waals surface area contributed by atoms with Gasteiger partial charge in [-0.3, -0.25) is 29.6 Å². The van der Waals surface area contributed by atoms with Gasteiger partial charge in [0.15, 0.2) is 0 Å². The monoisotopic (exact) mass is 490 g/mol. The second-order valence-corrected chi connectivity index (χ2v) is 11.3. The number of hydrogen-bond acceptors (Lipinski definition) is 6. The summed E-state index contributed by atoms with van der Waals surface area (Å²) in [6.07, 6.45) is 1.65. The number of benzene rings is 1.